The van der Waals surface area contributed by atoms with E-state index in [1.54, 1.807) is 46.3 Å². The molecule has 0 saturated heterocycles. The highest BCUT2D eigenvalue weighted by atomic mass is 32.2. The normalized spacial score (nSPS) is 16.0. The number of benzene rings is 1. The van der Waals surface area contributed by atoms with Crippen LogP contribution in [0.1, 0.15) is 22.8 Å². The number of nitrogens with zero attached hydrogens (tertiary/aromatic N) is 4. The van der Waals surface area contributed by atoms with Crippen molar-refractivity contribution in [3.05, 3.63) is 51.0 Å². The Kier molecular flexibility index (Phi) is 8.00. The lowest BCUT2D eigenvalue weighted by molar-refractivity contribution is -0.421. The van der Waals surface area contributed by atoms with E-state index >= 15 is 0 Å². The van der Waals surface area contributed by atoms with E-state index in [0.29, 0.717) is 11.1 Å². The number of amides is 1. The van der Waals surface area contributed by atoms with Gasteiger partial charge in [0.15, 0.2) is 5.50 Å². The maximum absolute atomic E-state index is 12.4. The summed E-state index contributed by atoms with van der Waals surface area (Å²) in [4.78, 5) is 46.7. The highest BCUT2D eigenvalue weighted by molar-refractivity contribution is 7.99. The smallest absolute Gasteiger partial charge is 0.364 e. The predicted octanol–water partition coefficient (Wildman–Crippen LogP) is 2.05. The number of esters is 1. The van der Waals surface area contributed by atoms with Crippen LogP contribution in [0, 0.1) is 17.0 Å². The zero-order valence-electron chi connectivity index (χ0n) is 18.1. The lowest BCUT2D eigenvalue weighted by Crippen LogP contribution is -2.42. The Balaban J connectivity index is 2.64. The quantitative estimate of drug-likeness (QED) is 0.331. The zero-order chi connectivity index (χ0) is 23.3. The summed E-state index contributed by atoms with van der Waals surface area (Å²) in [5.41, 5.74) is -0.981. The van der Waals surface area contributed by atoms with E-state index in [4.69, 9.17) is 14.3 Å². The maximum Gasteiger partial charge on any atom is 0.364 e. The number of hydrogen-bond acceptors (Lipinski definition) is 10. The molecule has 0 N–H and O–H groups in total. The monoisotopic (exact) mass is 452 g/mol. The summed E-state index contributed by atoms with van der Waals surface area (Å²) in [6, 6.07) is 4.73. The largest absolute Gasteiger partial charge is 0.461 e. The van der Waals surface area contributed by atoms with Gasteiger partial charge in [0.2, 0.25) is 5.71 Å². The molecule has 1 amide bonds. The zero-order valence-corrected chi connectivity index (χ0v) is 18.9. The Morgan fingerprint density at radius 1 is 1.32 bits per heavy atom. The molecule has 0 fully saturated rings. The highest BCUT2D eigenvalue weighted by Gasteiger charge is 2.44. The Morgan fingerprint density at radius 3 is 2.52 bits per heavy atom. The van der Waals surface area contributed by atoms with Gasteiger partial charge in [0, 0.05) is 19.7 Å². The van der Waals surface area contributed by atoms with Crippen LogP contribution in [0.15, 0.2) is 34.8 Å². The SMILES string of the molecule is CCOC(=O)C1=NC(SC)N(OC)C(Oc2cc(C)cc(C(=O)N(C)C)c2)=C1[N+](=O)[O-]. The fourth-order valence-corrected chi connectivity index (χ4v) is 3.34. The summed E-state index contributed by atoms with van der Waals surface area (Å²) in [5, 5.41) is 13.0. The van der Waals surface area contributed by atoms with Gasteiger partial charge in [-0.25, -0.2) is 9.79 Å². The van der Waals surface area contributed by atoms with Gasteiger partial charge in [-0.15, -0.1) is 11.8 Å². The second-order valence-electron chi connectivity index (χ2n) is 6.52. The minimum Gasteiger partial charge on any atom is -0.461 e. The van der Waals surface area contributed by atoms with Crippen LogP contribution >= 0.6 is 11.8 Å². The van der Waals surface area contributed by atoms with Crippen LogP contribution < -0.4 is 4.74 Å². The maximum atomic E-state index is 12.4. The summed E-state index contributed by atoms with van der Waals surface area (Å²) < 4.78 is 10.8. The Labute approximate surface area is 183 Å². The van der Waals surface area contributed by atoms with Crippen LogP contribution in [0.5, 0.6) is 5.75 Å². The van der Waals surface area contributed by atoms with Crippen molar-refractivity contribution < 1.29 is 28.8 Å². The first kappa shape index (κ1) is 24.2. The standard InChI is InChI=1S/C19H24N4O7S/c1-7-29-18(25)14-15(23(26)27)17(22(28-5)19(20-14)31-6)30-13-9-11(2)8-12(10-13)16(24)21(3)4/h8-10,19H,7H2,1-6H3. The van der Waals surface area contributed by atoms with Gasteiger partial charge in [-0.05, 0) is 43.9 Å². The molecule has 0 bridgehead atoms. The Morgan fingerprint density at radius 2 is 2.00 bits per heavy atom. The Bertz CT molecular complexity index is 945. The van der Waals surface area contributed by atoms with E-state index in [1.165, 1.54) is 29.8 Å². The molecule has 2 rings (SSSR count). The van der Waals surface area contributed by atoms with Crippen LogP contribution in [0.4, 0.5) is 0 Å². The number of rotatable bonds is 8. The number of ether oxygens (including phenoxy) is 2. The molecular weight excluding hydrogens is 428 g/mol. The molecule has 0 saturated carbocycles. The summed E-state index contributed by atoms with van der Waals surface area (Å²) >= 11 is 1.17. The summed E-state index contributed by atoms with van der Waals surface area (Å²) in [6.07, 6.45) is 1.69. The molecule has 1 aromatic rings. The third-order valence-corrected chi connectivity index (χ3v) is 4.76. The first-order valence-corrected chi connectivity index (χ1v) is 10.4. The van der Waals surface area contributed by atoms with Gasteiger partial charge in [-0.2, -0.15) is 5.06 Å². The van der Waals surface area contributed by atoms with Crippen molar-refractivity contribution in [1.82, 2.24) is 9.96 Å². The second kappa shape index (κ2) is 10.3. The molecular formula is C19H24N4O7S. The van der Waals surface area contributed by atoms with Crippen LogP contribution in [-0.4, -0.2) is 72.0 Å². The minimum atomic E-state index is -0.946. The minimum absolute atomic E-state index is 0.0187. The number of aryl methyl sites for hydroxylation is 1. The molecule has 12 heteroatoms. The van der Waals surface area contributed by atoms with Crippen molar-refractivity contribution in [2.45, 2.75) is 19.3 Å². The van der Waals surface area contributed by atoms with Crippen molar-refractivity contribution in [3.63, 3.8) is 0 Å². The number of hydroxylamine groups is 2. The van der Waals surface area contributed by atoms with E-state index < -0.39 is 27.8 Å². The molecule has 1 aliphatic rings. The van der Waals surface area contributed by atoms with Gasteiger partial charge >= 0.3 is 17.5 Å². The molecule has 0 aliphatic carbocycles. The van der Waals surface area contributed by atoms with Crippen molar-refractivity contribution in [3.8, 4) is 5.75 Å². The average molecular weight is 452 g/mol. The topological polar surface area (TPSA) is 124 Å². The number of thioether (sulfide) groups is 1. The van der Waals surface area contributed by atoms with E-state index in [1.807, 2.05) is 0 Å². The van der Waals surface area contributed by atoms with Crippen LogP contribution in [0.2, 0.25) is 0 Å². The average Bonchev–Trinajstić information content (AvgIpc) is 2.71. The summed E-state index contributed by atoms with van der Waals surface area (Å²) in [6.45, 7) is 3.36. The second-order valence-corrected chi connectivity index (χ2v) is 7.41. The Hall–Kier alpha value is -3.12. The van der Waals surface area contributed by atoms with E-state index in [0.717, 1.165) is 5.06 Å². The van der Waals surface area contributed by atoms with Crippen molar-refractivity contribution in [2.24, 2.45) is 4.99 Å². The molecule has 168 valence electrons. The molecule has 31 heavy (non-hydrogen) atoms. The van der Waals surface area contributed by atoms with E-state index in [-0.39, 0.29) is 24.1 Å². The predicted molar refractivity (Wildman–Crippen MR) is 114 cm³/mol. The summed E-state index contributed by atoms with van der Waals surface area (Å²) in [7, 11) is 4.52. The van der Waals surface area contributed by atoms with E-state index in [9.17, 15) is 19.7 Å². The van der Waals surface area contributed by atoms with Gasteiger partial charge < -0.3 is 14.4 Å². The van der Waals surface area contributed by atoms with Crippen LogP contribution in [-0.2, 0) is 14.4 Å². The molecule has 0 radical (unpaired) electrons. The van der Waals surface area contributed by atoms with Crippen LogP contribution in [0.25, 0.3) is 0 Å². The number of aliphatic imine (C=N–C) groups is 1. The molecule has 1 atom stereocenters. The molecule has 1 unspecified atom stereocenters. The summed E-state index contributed by atoms with van der Waals surface area (Å²) in [5.74, 6) is -1.40. The third kappa shape index (κ3) is 5.33. The number of hydrogen-bond donors (Lipinski definition) is 0. The molecule has 1 heterocycles. The number of nitro groups is 1. The molecule has 11 nitrogen and oxygen atoms in total. The van der Waals surface area contributed by atoms with Gasteiger partial charge in [0.1, 0.15) is 5.75 Å². The molecule has 1 aliphatic heterocycles. The third-order valence-electron chi connectivity index (χ3n) is 4.04. The van der Waals surface area contributed by atoms with Crippen molar-refractivity contribution in [1.29, 1.82) is 0 Å². The lowest BCUT2D eigenvalue weighted by atomic mass is 10.1. The molecule has 0 aromatic heterocycles. The van der Waals surface area contributed by atoms with E-state index in [2.05, 4.69) is 4.99 Å². The van der Waals surface area contributed by atoms with Gasteiger partial charge in [-0.3, -0.25) is 19.7 Å². The fraction of sp³-hybridized carbons (Fsp3) is 0.421. The van der Waals surface area contributed by atoms with Crippen LogP contribution in [0.3, 0.4) is 0 Å². The molecule has 0 spiro atoms. The van der Waals surface area contributed by atoms with Crippen molar-refractivity contribution >= 4 is 29.4 Å². The number of carbonyl (C=O) groups excluding carboxylic acids is 2. The van der Waals surface area contributed by atoms with Gasteiger partial charge in [0.05, 0.1) is 18.6 Å². The fourth-order valence-electron chi connectivity index (χ4n) is 2.76. The first-order valence-electron chi connectivity index (χ1n) is 9.15. The molecule has 1 aromatic carbocycles. The first-order chi connectivity index (χ1) is 14.6. The highest BCUT2D eigenvalue weighted by Crippen LogP contribution is 2.31. The number of carbonyl (C=O) groups is 2. The lowest BCUT2D eigenvalue weighted by Gasteiger charge is -2.31. The van der Waals surface area contributed by atoms with Gasteiger partial charge in [0.25, 0.3) is 5.91 Å². The van der Waals surface area contributed by atoms with Gasteiger partial charge in [-0.1, -0.05) is 0 Å². The van der Waals surface area contributed by atoms with Crippen molar-refractivity contribution in [2.75, 3.05) is 34.1 Å².